The number of hydrogen-bond acceptors (Lipinski definition) is 6. The number of carboxylic acids is 1. The van der Waals surface area contributed by atoms with Crippen molar-refractivity contribution in [2.45, 2.75) is 77.4 Å². The van der Waals surface area contributed by atoms with Gasteiger partial charge < -0.3 is 19.1 Å². The Morgan fingerprint density at radius 3 is 2.28 bits per heavy atom. The molecule has 1 fully saturated rings. The molecule has 0 saturated heterocycles. The molecule has 0 aliphatic heterocycles. The number of hydrogen-bond donors (Lipinski definition) is 1. The molecule has 2 atom stereocenters. The Morgan fingerprint density at radius 1 is 1.14 bits per heavy atom. The second-order valence-corrected chi connectivity index (χ2v) is 11.1. The number of aliphatic carboxylic acids is 1. The van der Waals surface area contributed by atoms with Crippen LogP contribution in [-0.4, -0.2) is 55.5 Å². The molecule has 10 heteroatoms. The van der Waals surface area contributed by atoms with Crippen LogP contribution in [0.4, 0.5) is 14.0 Å². The van der Waals surface area contributed by atoms with Crippen LogP contribution in [0.3, 0.4) is 0 Å². The van der Waals surface area contributed by atoms with E-state index in [2.05, 4.69) is 4.98 Å². The monoisotopic (exact) mass is 503 g/mol. The van der Waals surface area contributed by atoms with E-state index in [-0.39, 0.29) is 12.5 Å². The highest BCUT2D eigenvalue weighted by atomic mass is 19.1. The second kappa shape index (κ2) is 9.91. The predicted octanol–water partition coefficient (Wildman–Crippen LogP) is 5.31. The van der Waals surface area contributed by atoms with Gasteiger partial charge >= 0.3 is 18.2 Å². The highest BCUT2D eigenvalue weighted by Gasteiger charge is 2.62. The minimum absolute atomic E-state index is 0.0216. The van der Waals surface area contributed by atoms with Gasteiger partial charge in [0.15, 0.2) is 0 Å². The summed E-state index contributed by atoms with van der Waals surface area (Å²) in [6.07, 6.45) is 2.63. The summed E-state index contributed by atoms with van der Waals surface area (Å²) in [6.45, 7) is 10.2. The Labute approximate surface area is 210 Å². The number of nitrogens with zero attached hydrogens (tertiary/aromatic N) is 3. The SMILES string of the molecule is CC(C)(C)OC(=O)N(CCCC1CC1(C(=O)O)c1cn(-c2cccc(F)c2)cn1)C(=O)OC(C)(C)C. The number of rotatable bonds is 7. The molecule has 0 spiro atoms. The first-order valence-electron chi connectivity index (χ1n) is 11.9. The predicted molar refractivity (Wildman–Crippen MR) is 129 cm³/mol. The number of amides is 2. The summed E-state index contributed by atoms with van der Waals surface area (Å²) in [4.78, 5) is 42.8. The van der Waals surface area contributed by atoms with Crippen LogP contribution in [0.1, 0.15) is 66.5 Å². The first-order chi connectivity index (χ1) is 16.6. The Morgan fingerprint density at radius 2 is 1.75 bits per heavy atom. The van der Waals surface area contributed by atoms with Crippen molar-refractivity contribution in [3.05, 3.63) is 48.3 Å². The number of imide groups is 1. The summed E-state index contributed by atoms with van der Waals surface area (Å²) >= 11 is 0. The molecule has 1 aliphatic carbocycles. The number of carbonyl (C=O) groups excluding carboxylic acids is 2. The van der Waals surface area contributed by atoms with Crippen LogP contribution >= 0.6 is 0 Å². The van der Waals surface area contributed by atoms with E-state index in [1.807, 2.05) is 0 Å². The summed E-state index contributed by atoms with van der Waals surface area (Å²) in [5, 5.41) is 10.0. The number of carbonyl (C=O) groups is 3. The molecule has 2 amide bonds. The minimum atomic E-state index is -1.17. The van der Waals surface area contributed by atoms with Crippen molar-refractivity contribution in [1.29, 1.82) is 0 Å². The topological polar surface area (TPSA) is 111 Å². The van der Waals surface area contributed by atoms with Crippen LogP contribution in [0, 0.1) is 11.7 Å². The largest absolute Gasteiger partial charge is 0.481 e. The highest BCUT2D eigenvalue weighted by Crippen LogP contribution is 2.56. The zero-order chi connectivity index (χ0) is 26.9. The zero-order valence-corrected chi connectivity index (χ0v) is 21.6. The van der Waals surface area contributed by atoms with E-state index in [0.717, 1.165) is 4.90 Å². The summed E-state index contributed by atoms with van der Waals surface area (Å²) in [5.41, 5.74) is -1.84. The minimum Gasteiger partial charge on any atom is -0.481 e. The lowest BCUT2D eigenvalue weighted by Crippen LogP contribution is -2.44. The van der Waals surface area contributed by atoms with Gasteiger partial charge in [0, 0.05) is 18.4 Å². The quantitative estimate of drug-likeness (QED) is 0.545. The number of aromatic nitrogens is 2. The molecule has 1 aliphatic rings. The van der Waals surface area contributed by atoms with Crippen LogP contribution in [0.25, 0.3) is 5.69 Å². The maximum atomic E-state index is 13.6. The van der Waals surface area contributed by atoms with Crippen LogP contribution in [0.15, 0.2) is 36.8 Å². The number of imidazole rings is 1. The summed E-state index contributed by atoms with van der Waals surface area (Å²) in [7, 11) is 0. The highest BCUT2D eigenvalue weighted by molar-refractivity contribution is 5.88. The molecule has 9 nitrogen and oxygen atoms in total. The summed E-state index contributed by atoms with van der Waals surface area (Å²) < 4.78 is 25.9. The van der Waals surface area contributed by atoms with E-state index in [0.29, 0.717) is 30.6 Å². The Hall–Kier alpha value is -3.43. The van der Waals surface area contributed by atoms with Crippen molar-refractivity contribution in [1.82, 2.24) is 14.5 Å². The average molecular weight is 504 g/mol. The lowest BCUT2D eigenvalue weighted by atomic mass is 9.97. The van der Waals surface area contributed by atoms with Gasteiger partial charge in [-0.3, -0.25) is 4.79 Å². The number of ether oxygens (including phenoxy) is 2. The molecule has 1 aromatic heterocycles. The van der Waals surface area contributed by atoms with Crippen LogP contribution in [-0.2, 0) is 19.7 Å². The smallest absolute Gasteiger partial charge is 0.419 e. The molecule has 1 aromatic carbocycles. The molecule has 1 heterocycles. The van der Waals surface area contributed by atoms with Crippen LogP contribution < -0.4 is 0 Å². The first-order valence-corrected chi connectivity index (χ1v) is 11.9. The number of benzene rings is 1. The molecule has 1 N–H and O–H groups in total. The van der Waals surface area contributed by atoms with Crippen molar-refractivity contribution in [2.24, 2.45) is 5.92 Å². The van der Waals surface area contributed by atoms with Crippen molar-refractivity contribution in [2.75, 3.05) is 6.54 Å². The maximum Gasteiger partial charge on any atom is 0.419 e. The van der Waals surface area contributed by atoms with Gasteiger partial charge in [0.25, 0.3) is 0 Å². The first kappa shape index (κ1) is 27.2. The third-order valence-corrected chi connectivity index (χ3v) is 5.79. The fourth-order valence-electron chi connectivity index (χ4n) is 4.08. The van der Waals surface area contributed by atoms with Gasteiger partial charge in [0.1, 0.15) is 22.4 Å². The van der Waals surface area contributed by atoms with E-state index < -0.39 is 40.6 Å². The lowest BCUT2D eigenvalue weighted by Gasteiger charge is -2.28. The zero-order valence-electron chi connectivity index (χ0n) is 21.6. The van der Waals surface area contributed by atoms with Gasteiger partial charge in [-0.1, -0.05) is 6.07 Å². The van der Waals surface area contributed by atoms with Crippen molar-refractivity contribution in [3.8, 4) is 5.69 Å². The molecule has 196 valence electrons. The molecular weight excluding hydrogens is 469 g/mol. The van der Waals surface area contributed by atoms with E-state index in [1.54, 1.807) is 64.4 Å². The fourth-order valence-corrected chi connectivity index (χ4v) is 4.08. The Balaban J connectivity index is 1.69. The average Bonchev–Trinajstić information content (AvgIpc) is 3.24. The number of carboxylic acid groups (broad SMARTS) is 1. The van der Waals surface area contributed by atoms with Crippen molar-refractivity contribution in [3.63, 3.8) is 0 Å². The van der Waals surface area contributed by atoms with Gasteiger partial charge in [0.05, 0.1) is 12.0 Å². The third-order valence-electron chi connectivity index (χ3n) is 5.79. The fraction of sp³-hybridized carbons (Fsp3) is 0.538. The molecule has 2 unspecified atom stereocenters. The van der Waals surface area contributed by atoms with Crippen LogP contribution in [0.5, 0.6) is 0 Å². The number of halogens is 1. The molecular formula is C26H34FN3O6. The van der Waals surface area contributed by atoms with E-state index in [1.165, 1.54) is 18.5 Å². The van der Waals surface area contributed by atoms with Gasteiger partial charge in [-0.15, -0.1) is 0 Å². The Kier molecular flexibility index (Phi) is 7.48. The molecule has 36 heavy (non-hydrogen) atoms. The lowest BCUT2D eigenvalue weighted by molar-refractivity contribution is -0.140. The third kappa shape index (κ3) is 6.41. The normalized spacial score (nSPS) is 19.5. The molecule has 1 saturated carbocycles. The standard InChI is InChI=1S/C26H34FN3O6/c1-24(2,3)35-22(33)30(23(34)36-25(4,5)6)12-8-9-17-14-26(17,21(31)32)20-15-29(16-28-20)19-11-7-10-18(27)13-19/h7,10-11,13,15-17H,8-9,12,14H2,1-6H3,(H,31,32). The molecule has 2 aromatic rings. The Bertz CT molecular complexity index is 1110. The van der Waals surface area contributed by atoms with Crippen molar-refractivity contribution >= 4 is 18.2 Å². The van der Waals surface area contributed by atoms with Gasteiger partial charge in [-0.2, -0.15) is 0 Å². The molecule has 3 rings (SSSR count). The van der Waals surface area contributed by atoms with Gasteiger partial charge in [0.2, 0.25) is 0 Å². The van der Waals surface area contributed by atoms with E-state index in [9.17, 15) is 23.9 Å². The van der Waals surface area contributed by atoms with E-state index in [4.69, 9.17) is 9.47 Å². The van der Waals surface area contributed by atoms with E-state index >= 15 is 0 Å². The molecule has 0 radical (unpaired) electrons. The maximum absolute atomic E-state index is 13.6. The van der Waals surface area contributed by atoms with Crippen molar-refractivity contribution < 1.29 is 33.4 Å². The second-order valence-electron chi connectivity index (χ2n) is 11.1. The van der Waals surface area contributed by atoms with Gasteiger partial charge in [-0.25, -0.2) is 23.9 Å². The summed E-state index contributed by atoms with van der Waals surface area (Å²) in [6, 6.07) is 5.94. The molecule has 0 bridgehead atoms. The van der Waals surface area contributed by atoms with Crippen LogP contribution in [0.2, 0.25) is 0 Å². The summed E-state index contributed by atoms with van der Waals surface area (Å²) in [5.74, 6) is -1.63. The van der Waals surface area contributed by atoms with Gasteiger partial charge in [-0.05, 0) is 84.9 Å².